The molecule has 25 heavy (non-hydrogen) atoms. The lowest BCUT2D eigenvalue weighted by Gasteiger charge is -2.16. The lowest BCUT2D eigenvalue weighted by atomic mass is 10.2. The number of halogens is 2. The summed E-state index contributed by atoms with van der Waals surface area (Å²) >= 11 is 3.37. The number of anilines is 1. The highest BCUT2D eigenvalue weighted by Crippen LogP contribution is 2.16. The highest BCUT2D eigenvalue weighted by molar-refractivity contribution is 7.99. The number of carbonyl (C=O) groups excluding carboxylic acids is 1. The second kappa shape index (κ2) is 11.0. The second-order valence-electron chi connectivity index (χ2n) is 5.61. The lowest BCUT2D eigenvalue weighted by molar-refractivity contribution is -0.117. The molecular formula is C16H22Cl2N4OS2. The Hall–Kier alpha value is -0.830. The summed E-state index contributed by atoms with van der Waals surface area (Å²) in [6.45, 7) is 1.64. The molecule has 1 atom stereocenters. The van der Waals surface area contributed by atoms with Crippen molar-refractivity contribution in [3.8, 4) is 0 Å². The fourth-order valence-corrected chi connectivity index (χ4v) is 3.99. The molecule has 0 radical (unpaired) electrons. The molecule has 1 unspecified atom stereocenters. The number of rotatable bonds is 6. The smallest absolute Gasteiger partial charge is 0.242 e. The molecule has 2 N–H and O–H groups in total. The number of nitrogens with one attached hydrogen (secondary N) is 2. The third kappa shape index (κ3) is 6.77. The first-order valence-corrected chi connectivity index (χ1v) is 9.57. The van der Waals surface area contributed by atoms with Gasteiger partial charge in [0.05, 0.1) is 17.2 Å². The molecule has 0 spiro atoms. The Kier molecular flexibility index (Phi) is 9.78. The average Bonchev–Trinajstić information content (AvgIpc) is 3.20. The molecule has 138 valence electrons. The summed E-state index contributed by atoms with van der Waals surface area (Å²) in [5, 5.41) is 8.25. The van der Waals surface area contributed by atoms with Crippen LogP contribution in [-0.2, 0) is 17.9 Å². The third-order valence-electron chi connectivity index (χ3n) is 3.60. The zero-order valence-electron chi connectivity index (χ0n) is 13.8. The number of aromatic nitrogens is 1. The molecule has 0 saturated carbocycles. The van der Waals surface area contributed by atoms with Crippen LogP contribution in [0.25, 0.3) is 0 Å². The Bertz CT molecular complexity index is 651. The van der Waals surface area contributed by atoms with Gasteiger partial charge in [0.15, 0.2) is 0 Å². The predicted octanol–water partition coefficient (Wildman–Crippen LogP) is 3.22. The molecule has 0 aliphatic carbocycles. The van der Waals surface area contributed by atoms with E-state index in [9.17, 15) is 4.79 Å². The van der Waals surface area contributed by atoms with E-state index in [1.165, 1.54) is 5.56 Å². The van der Waals surface area contributed by atoms with Gasteiger partial charge in [-0.1, -0.05) is 12.1 Å². The highest BCUT2D eigenvalue weighted by Gasteiger charge is 2.22. The Labute approximate surface area is 168 Å². The summed E-state index contributed by atoms with van der Waals surface area (Å²) < 4.78 is 0. The molecule has 1 amide bonds. The van der Waals surface area contributed by atoms with Gasteiger partial charge < -0.3 is 5.32 Å². The van der Waals surface area contributed by atoms with Crippen molar-refractivity contribution in [3.63, 3.8) is 0 Å². The van der Waals surface area contributed by atoms with Gasteiger partial charge in [-0.3, -0.25) is 15.0 Å². The first kappa shape index (κ1) is 22.2. The van der Waals surface area contributed by atoms with Gasteiger partial charge in [-0.2, -0.15) is 0 Å². The molecule has 1 aliphatic heterocycles. The van der Waals surface area contributed by atoms with Crippen molar-refractivity contribution in [3.05, 3.63) is 46.4 Å². The summed E-state index contributed by atoms with van der Waals surface area (Å²) in [5.41, 5.74) is 4.98. The first-order chi connectivity index (χ1) is 11.2. The third-order valence-corrected chi connectivity index (χ3v) is 5.17. The molecular weight excluding hydrogens is 399 g/mol. The molecule has 1 aromatic carbocycles. The summed E-state index contributed by atoms with van der Waals surface area (Å²) in [6.07, 6.45) is 0. The largest absolute Gasteiger partial charge is 0.325 e. The maximum atomic E-state index is 12.2. The summed E-state index contributed by atoms with van der Waals surface area (Å²) in [5.74, 6) is 1.73. The number of nitrogens with zero attached hydrogens (tertiary/aromatic N) is 2. The number of amides is 1. The number of carbonyl (C=O) groups is 1. The number of benzene rings is 1. The van der Waals surface area contributed by atoms with Crippen LogP contribution in [0.3, 0.4) is 0 Å². The molecule has 3 rings (SSSR count). The Morgan fingerprint density at radius 1 is 1.40 bits per heavy atom. The van der Waals surface area contributed by atoms with Crippen LogP contribution >= 0.6 is 47.9 Å². The van der Waals surface area contributed by atoms with Crippen molar-refractivity contribution >= 4 is 59.5 Å². The van der Waals surface area contributed by atoms with Crippen molar-refractivity contribution in [1.82, 2.24) is 15.2 Å². The van der Waals surface area contributed by atoms with E-state index >= 15 is 0 Å². The molecule has 1 aliphatic rings. The van der Waals surface area contributed by atoms with E-state index in [2.05, 4.69) is 39.0 Å². The van der Waals surface area contributed by atoms with E-state index in [1.54, 1.807) is 23.1 Å². The van der Waals surface area contributed by atoms with Gasteiger partial charge in [0.2, 0.25) is 5.91 Å². The fourth-order valence-electron chi connectivity index (χ4n) is 2.50. The maximum Gasteiger partial charge on any atom is 0.242 e. The van der Waals surface area contributed by atoms with E-state index in [0.717, 1.165) is 36.1 Å². The van der Waals surface area contributed by atoms with E-state index < -0.39 is 0 Å². The first-order valence-electron chi connectivity index (χ1n) is 7.47. The quantitative estimate of drug-likeness (QED) is 0.750. The van der Waals surface area contributed by atoms with Crippen molar-refractivity contribution in [2.45, 2.75) is 19.1 Å². The van der Waals surface area contributed by atoms with Crippen LogP contribution in [0.1, 0.15) is 11.3 Å². The van der Waals surface area contributed by atoms with Crippen LogP contribution in [-0.4, -0.2) is 40.5 Å². The molecule has 2 heterocycles. The minimum absolute atomic E-state index is 0. The van der Waals surface area contributed by atoms with Crippen molar-refractivity contribution in [2.75, 3.05) is 24.0 Å². The average molecular weight is 421 g/mol. The summed E-state index contributed by atoms with van der Waals surface area (Å²) in [7, 11) is 2.07. The maximum absolute atomic E-state index is 12.2. The Morgan fingerprint density at radius 2 is 2.24 bits per heavy atom. The predicted molar refractivity (Wildman–Crippen MR) is 111 cm³/mol. The molecule has 0 bridgehead atoms. The van der Waals surface area contributed by atoms with Crippen molar-refractivity contribution in [2.24, 2.45) is 0 Å². The molecule has 1 fully saturated rings. The van der Waals surface area contributed by atoms with Crippen LogP contribution in [0.4, 0.5) is 5.69 Å². The van der Waals surface area contributed by atoms with Gasteiger partial charge in [0, 0.05) is 35.8 Å². The molecule has 9 heteroatoms. The van der Waals surface area contributed by atoms with Gasteiger partial charge in [-0.15, -0.1) is 47.9 Å². The molecule has 2 aromatic rings. The van der Waals surface area contributed by atoms with E-state index in [-0.39, 0.29) is 36.8 Å². The van der Waals surface area contributed by atoms with E-state index in [0.29, 0.717) is 0 Å². The highest BCUT2D eigenvalue weighted by atomic mass is 35.5. The topological polar surface area (TPSA) is 57.3 Å². The van der Waals surface area contributed by atoms with E-state index in [1.807, 2.05) is 23.7 Å². The van der Waals surface area contributed by atoms with Crippen LogP contribution in [0.2, 0.25) is 0 Å². The fraction of sp³-hybridized carbons (Fsp3) is 0.375. The van der Waals surface area contributed by atoms with Gasteiger partial charge >= 0.3 is 0 Å². The zero-order valence-corrected chi connectivity index (χ0v) is 17.1. The van der Waals surface area contributed by atoms with Gasteiger partial charge in [0.1, 0.15) is 0 Å². The van der Waals surface area contributed by atoms with Crippen LogP contribution < -0.4 is 10.6 Å². The standard InChI is InChI=1S/C16H20N4OS2.2ClH/c1-20(7-14-8-22-10-17-14)6-12-3-2-4-13(5-12)19-16(21)15-9-23-11-18-15;;/h2-5,8,10,15,18H,6-7,9,11H2,1H3,(H,19,21);2*1H. The lowest BCUT2D eigenvalue weighted by Crippen LogP contribution is -2.37. The molecule has 1 saturated heterocycles. The monoisotopic (exact) mass is 420 g/mol. The second-order valence-corrected chi connectivity index (χ2v) is 7.36. The number of thioether (sulfide) groups is 1. The SMILES string of the molecule is CN(Cc1cccc(NC(=O)C2CSCN2)c1)Cc1cscn1.Cl.Cl. The minimum atomic E-state index is -0.0870. The van der Waals surface area contributed by atoms with Crippen LogP contribution in [0.15, 0.2) is 35.2 Å². The van der Waals surface area contributed by atoms with Gasteiger partial charge in [-0.25, -0.2) is 4.98 Å². The van der Waals surface area contributed by atoms with E-state index in [4.69, 9.17) is 0 Å². The van der Waals surface area contributed by atoms with Crippen molar-refractivity contribution < 1.29 is 4.79 Å². The molecule has 5 nitrogen and oxygen atoms in total. The number of thiazole rings is 1. The van der Waals surface area contributed by atoms with Crippen LogP contribution in [0.5, 0.6) is 0 Å². The van der Waals surface area contributed by atoms with Gasteiger partial charge in [-0.05, 0) is 24.7 Å². The summed E-state index contributed by atoms with van der Waals surface area (Å²) in [4.78, 5) is 18.7. The number of hydrogen-bond donors (Lipinski definition) is 2. The molecule has 1 aromatic heterocycles. The Balaban J connectivity index is 0.00000156. The minimum Gasteiger partial charge on any atom is -0.325 e. The normalized spacial score (nSPS) is 16.2. The summed E-state index contributed by atoms with van der Waals surface area (Å²) in [6, 6.07) is 7.95. The van der Waals surface area contributed by atoms with Gasteiger partial charge in [0.25, 0.3) is 0 Å². The Morgan fingerprint density at radius 3 is 2.92 bits per heavy atom. The van der Waals surface area contributed by atoms with Crippen LogP contribution in [0, 0.1) is 0 Å². The van der Waals surface area contributed by atoms with Crippen molar-refractivity contribution in [1.29, 1.82) is 0 Å². The zero-order chi connectivity index (χ0) is 16.1. The number of hydrogen-bond acceptors (Lipinski definition) is 6.